The molecule has 0 unspecified atom stereocenters. The first kappa shape index (κ1) is 24.6. The summed E-state index contributed by atoms with van der Waals surface area (Å²) >= 11 is 0. The minimum atomic E-state index is -0.206. The molecule has 0 aliphatic carbocycles. The van der Waals surface area contributed by atoms with Gasteiger partial charge in [0.15, 0.2) is 0 Å². The van der Waals surface area contributed by atoms with E-state index in [0.29, 0.717) is 23.4 Å². The summed E-state index contributed by atoms with van der Waals surface area (Å²) in [5.74, 6) is -0.278. The molecule has 2 rings (SSSR count). The SMILES string of the molecule is CN(C)CCCNCc1ccc(C(=O)Nc2ccccc2NC(=O)CC(C)(C)C)cc1. The molecule has 0 aromatic heterocycles. The van der Waals surface area contributed by atoms with E-state index in [4.69, 9.17) is 0 Å². The topological polar surface area (TPSA) is 73.5 Å². The third-order valence-corrected chi connectivity index (χ3v) is 4.64. The Labute approximate surface area is 186 Å². The molecule has 168 valence electrons. The lowest BCUT2D eigenvalue weighted by molar-refractivity contribution is -0.117. The number of carbonyl (C=O) groups excluding carboxylic acids is 2. The van der Waals surface area contributed by atoms with E-state index in [1.807, 2.05) is 57.2 Å². The molecule has 0 heterocycles. The summed E-state index contributed by atoms with van der Waals surface area (Å²) in [4.78, 5) is 27.2. The second-order valence-corrected chi connectivity index (χ2v) is 9.32. The first-order chi connectivity index (χ1) is 14.6. The van der Waals surface area contributed by atoms with Gasteiger partial charge < -0.3 is 20.9 Å². The van der Waals surface area contributed by atoms with Gasteiger partial charge in [-0.15, -0.1) is 0 Å². The number of rotatable bonds is 10. The number of para-hydroxylation sites is 2. The summed E-state index contributed by atoms with van der Waals surface area (Å²) in [6, 6.07) is 14.8. The fourth-order valence-corrected chi connectivity index (χ4v) is 3.10. The first-order valence-corrected chi connectivity index (χ1v) is 10.8. The number of nitrogens with one attached hydrogen (secondary N) is 3. The van der Waals surface area contributed by atoms with Gasteiger partial charge in [-0.05, 0) is 68.8 Å². The first-order valence-electron chi connectivity index (χ1n) is 10.8. The monoisotopic (exact) mass is 424 g/mol. The number of hydrogen-bond donors (Lipinski definition) is 3. The van der Waals surface area contributed by atoms with Crippen LogP contribution in [0, 0.1) is 5.41 Å². The largest absolute Gasteiger partial charge is 0.324 e. The molecule has 6 nitrogen and oxygen atoms in total. The number of benzene rings is 2. The second kappa shape index (κ2) is 11.6. The van der Waals surface area contributed by atoms with Crippen LogP contribution < -0.4 is 16.0 Å². The van der Waals surface area contributed by atoms with Crippen LogP contribution >= 0.6 is 0 Å². The number of anilines is 2. The molecular formula is C25H36N4O2. The Kier molecular flexibility index (Phi) is 9.21. The third kappa shape index (κ3) is 9.32. The van der Waals surface area contributed by atoms with Crippen LogP contribution in [0.5, 0.6) is 0 Å². The summed E-state index contributed by atoms with van der Waals surface area (Å²) in [6.07, 6.45) is 1.50. The standard InChI is InChI=1S/C25H36N4O2/c1-25(2,3)17-23(30)27-21-9-6-7-10-22(21)28-24(31)20-13-11-19(12-14-20)18-26-15-8-16-29(4)5/h6-7,9-14,26H,8,15-18H2,1-5H3,(H,27,30)(H,28,31). The van der Waals surface area contributed by atoms with Gasteiger partial charge in [-0.3, -0.25) is 9.59 Å². The van der Waals surface area contributed by atoms with Crippen molar-refractivity contribution in [3.05, 3.63) is 59.7 Å². The van der Waals surface area contributed by atoms with Crippen molar-refractivity contribution in [3.63, 3.8) is 0 Å². The van der Waals surface area contributed by atoms with Gasteiger partial charge >= 0.3 is 0 Å². The van der Waals surface area contributed by atoms with Gasteiger partial charge in [0.05, 0.1) is 11.4 Å². The predicted octanol–water partition coefficient (Wildman–Crippen LogP) is 4.35. The molecule has 2 aromatic rings. The summed E-state index contributed by atoms with van der Waals surface area (Å²) in [6.45, 7) is 8.84. The van der Waals surface area contributed by atoms with Crippen molar-refractivity contribution >= 4 is 23.2 Å². The van der Waals surface area contributed by atoms with Crippen molar-refractivity contribution in [1.82, 2.24) is 10.2 Å². The van der Waals surface area contributed by atoms with Crippen molar-refractivity contribution in [1.29, 1.82) is 0 Å². The Hall–Kier alpha value is -2.70. The van der Waals surface area contributed by atoms with Gasteiger partial charge in [-0.1, -0.05) is 45.0 Å². The van der Waals surface area contributed by atoms with E-state index in [-0.39, 0.29) is 17.2 Å². The Bertz CT molecular complexity index is 855. The molecule has 3 N–H and O–H groups in total. The van der Waals surface area contributed by atoms with Gasteiger partial charge in [0.2, 0.25) is 5.91 Å². The van der Waals surface area contributed by atoms with Gasteiger partial charge in [0.1, 0.15) is 0 Å². The molecule has 0 radical (unpaired) electrons. The molecular weight excluding hydrogens is 388 g/mol. The highest BCUT2D eigenvalue weighted by Crippen LogP contribution is 2.24. The molecule has 0 atom stereocenters. The van der Waals surface area contributed by atoms with Crippen molar-refractivity contribution in [2.75, 3.05) is 37.8 Å². The molecule has 0 bridgehead atoms. The predicted molar refractivity (Wildman–Crippen MR) is 128 cm³/mol. The Morgan fingerprint density at radius 1 is 0.903 bits per heavy atom. The smallest absolute Gasteiger partial charge is 0.255 e. The fourth-order valence-electron chi connectivity index (χ4n) is 3.10. The van der Waals surface area contributed by atoms with E-state index < -0.39 is 0 Å². The zero-order valence-corrected chi connectivity index (χ0v) is 19.4. The van der Waals surface area contributed by atoms with E-state index in [0.717, 1.165) is 31.6 Å². The van der Waals surface area contributed by atoms with Crippen molar-refractivity contribution in [2.45, 2.75) is 40.2 Å². The Balaban J connectivity index is 1.92. The molecule has 6 heteroatoms. The molecule has 2 amide bonds. The quantitative estimate of drug-likeness (QED) is 0.496. The maximum absolute atomic E-state index is 12.7. The van der Waals surface area contributed by atoms with E-state index >= 15 is 0 Å². The zero-order chi connectivity index (χ0) is 22.9. The average molecular weight is 425 g/mol. The summed E-state index contributed by atoms with van der Waals surface area (Å²) in [5.41, 5.74) is 2.79. The molecule has 31 heavy (non-hydrogen) atoms. The van der Waals surface area contributed by atoms with Gasteiger partial charge in [0, 0.05) is 18.5 Å². The summed E-state index contributed by atoms with van der Waals surface area (Å²) < 4.78 is 0. The van der Waals surface area contributed by atoms with Crippen molar-refractivity contribution in [2.24, 2.45) is 5.41 Å². The molecule has 0 aliphatic heterocycles. The number of nitrogens with zero attached hydrogens (tertiary/aromatic N) is 1. The molecule has 0 aliphatic rings. The van der Waals surface area contributed by atoms with Crippen LogP contribution in [0.15, 0.2) is 48.5 Å². The van der Waals surface area contributed by atoms with Crippen LogP contribution in [0.2, 0.25) is 0 Å². The molecule has 2 aromatic carbocycles. The van der Waals surface area contributed by atoms with Crippen molar-refractivity contribution in [3.8, 4) is 0 Å². The average Bonchev–Trinajstić information content (AvgIpc) is 2.68. The van der Waals surface area contributed by atoms with Gasteiger partial charge in [0.25, 0.3) is 5.91 Å². The van der Waals surface area contributed by atoms with Gasteiger partial charge in [-0.2, -0.15) is 0 Å². The molecule has 0 saturated carbocycles. The van der Waals surface area contributed by atoms with Crippen LogP contribution in [0.3, 0.4) is 0 Å². The Morgan fingerprint density at radius 3 is 2.10 bits per heavy atom. The van der Waals surface area contributed by atoms with Crippen molar-refractivity contribution < 1.29 is 9.59 Å². The highest BCUT2D eigenvalue weighted by atomic mass is 16.2. The minimum absolute atomic E-state index is 0.0726. The molecule has 0 fully saturated rings. The number of hydrogen-bond acceptors (Lipinski definition) is 4. The lowest BCUT2D eigenvalue weighted by Gasteiger charge is -2.18. The highest BCUT2D eigenvalue weighted by molar-refractivity contribution is 6.07. The maximum Gasteiger partial charge on any atom is 0.255 e. The van der Waals surface area contributed by atoms with Crippen LogP contribution in [0.25, 0.3) is 0 Å². The maximum atomic E-state index is 12.7. The van der Waals surface area contributed by atoms with E-state index in [1.165, 1.54) is 0 Å². The lowest BCUT2D eigenvalue weighted by atomic mass is 9.92. The second-order valence-electron chi connectivity index (χ2n) is 9.32. The third-order valence-electron chi connectivity index (χ3n) is 4.64. The molecule has 0 spiro atoms. The van der Waals surface area contributed by atoms with E-state index in [1.54, 1.807) is 12.1 Å². The van der Waals surface area contributed by atoms with E-state index in [9.17, 15) is 9.59 Å². The van der Waals surface area contributed by atoms with Crippen LogP contribution in [0.4, 0.5) is 11.4 Å². The normalized spacial score (nSPS) is 11.4. The van der Waals surface area contributed by atoms with E-state index in [2.05, 4.69) is 34.9 Å². The van der Waals surface area contributed by atoms with Crippen LogP contribution in [0.1, 0.15) is 49.5 Å². The summed E-state index contributed by atoms with van der Waals surface area (Å²) in [5, 5.41) is 9.24. The highest BCUT2D eigenvalue weighted by Gasteiger charge is 2.17. The summed E-state index contributed by atoms with van der Waals surface area (Å²) in [7, 11) is 4.14. The minimum Gasteiger partial charge on any atom is -0.324 e. The zero-order valence-electron chi connectivity index (χ0n) is 19.4. The fraction of sp³-hybridized carbons (Fsp3) is 0.440. The molecule has 0 saturated heterocycles. The number of amides is 2. The van der Waals surface area contributed by atoms with Gasteiger partial charge in [-0.25, -0.2) is 0 Å². The van der Waals surface area contributed by atoms with Crippen LogP contribution in [-0.2, 0) is 11.3 Å². The Morgan fingerprint density at radius 2 is 1.52 bits per heavy atom. The lowest BCUT2D eigenvalue weighted by Crippen LogP contribution is -2.21. The number of carbonyl (C=O) groups is 2. The van der Waals surface area contributed by atoms with Crippen LogP contribution in [-0.4, -0.2) is 43.9 Å².